The first kappa shape index (κ1) is 34.5. The zero-order valence-corrected chi connectivity index (χ0v) is 25.3. The molecule has 8 N–H and O–H groups in total. The molecule has 15 heteroatoms. The Balaban J connectivity index is 2.10. The smallest absolute Gasteiger partial charge is 0.302 e. The number of benzene rings is 2. The lowest BCUT2D eigenvalue weighted by molar-refractivity contribution is -0.145. The zero-order chi connectivity index (χ0) is 34.4. The molecule has 4 atom stereocenters. The highest BCUT2D eigenvalue weighted by atomic mass is 16.5. The van der Waals surface area contributed by atoms with E-state index in [0.717, 1.165) is 17.1 Å². The van der Waals surface area contributed by atoms with Crippen molar-refractivity contribution >= 4 is 35.5 Å². The summed E-state index contributed by atoms with van der Waals surface area (Å²) in [5, 5.41) is 27.3. The third-order valence-electron chi connectivity index (χ3n) is 6.76. The molecule has 0 aliphatic heterocycles. The number of nitrogens with zero attached hydrogens (tertiary/aromatic N) is 1. The van der Waals surface area contributed by atoms with Crippen LogP contribution in [0.3, 0.4) is 0 Å². The fraction of sp³-hybridized carbons (Fsp3) is 0.400. The number of hydrogen-bond acceptors (Lipinski definition) is 10. The summed E-state index contributed by atoms with van der Waals surface area (Å²) in [6.45, 7) is -0.828. The predicted octanol–water partition coefficient (Wildman–Crippen LogP) is -2.28. The van der Waals surface area contributed by atoms with Gasteiger partial charge in [-0.05, 0) is 36.7 Å². The molecule has 0 fully saturated rings. The lowest BCUT2D eigenvalue weighted by atomic mass is 10.0. The number of amides is 5. The summed E-state index contributed by atoms with van der Waals surface area (Å²) in [6.07, 6.45) is 0.0812. The quantitative estimate of drug-likeness (QED) is 0.0927. The number of nitrogens with two attached hydrogens (primary N) is 1. The minimum Gasteiger partial charge on any atom is -0.508 e. The van der Waals surface area contributed by atoms with E-state index in [2.05, 4.69) is 16.0 Å². The Morgan fingerprint density at radius 3 is 2.04 bits per heavy atom. The standard InChI is InChI=1S/C30H40N6O9/c1-18(38)45-17-24(27(31)41)35-30(44)25(14-19-7-5-4-6-8-19)36(3)26(40)15-33-28(42)23(16-37)34-29(43)22(32-2)13-20-9-11-21(39)12-10-20/h4-12,22-25,32,37,39H,13-17H2,1-3H3,(H2,31,41)(H,33,42)(H,34,43)(H,35,44)/t22-,23-,24+,25-/m0/s1/i/hD. The van der Waals surface area contributed by atoms with Crippen LogP contribution in [0.2, 0.25) is 1.41 Å². The number of phenols is 1. The van der Waals surface area contributed by atoms with Gasteiger partial charge in [-0.15, -0.1) is 0 Å². The molecule has 0 aromatic heterocycles. The van der Waals surface area contributed by atoms with Crippen molar-refractivity contribution in [2.24, 2.45) is 5.73 Å². The highest BCUT2D eigenvalue weighted by Crippen LogP contribution is 2.12. The van der Waals surface area contributed by atoms with E-state index in [0.29, 0.717) is 11.1 Å². The van der Waals surface area contributed by atoms with E-state index in [4.69, 9.17) is 11.9 Å². The average molecular weight is 630 g/mol. The van der Waals surface area contributed by atoms with Crippen LogP contribution in [0, 0.1) is 0 Å². The first-order valence-electron chi connectivity index (χ1n) is 14.4. The van der Waals surface area contributed by atoms with E-state index in [1.54, 1.807) is 42.5 Å². The van der Waals surface area contributed by atoms with Gasteiger partial charge in [-0.25, -0.2) is 0 Å². The number of aromatic hydroxyl groups is 1. The van der Waals surface area contributed by atoms with Crippen molar-refractivity contribution in [2.45, 2.75) is 43.9 Å². The molecule has 0 aliphatic rings. The number of primary amides is 1. The summed E-state index contributed by atoms with van der Waals surface area (Å²) >= 11 is 0. The molecule has 2 rings (SSSR count). The Labute approximate surface area is 261 Å². The van der Waals surface area contributed by atoms with Crippen LogP contribution < -0.4 is 27.0 Å². The molecule has 0 unspecified atom stereocenters. The second-order valence-corrected chi connectivity index (χ2v) is 10.1. The van der Waals surface area contributed by atoms with Crippen molar-refractivity contribution in [2.75, 3.05) is 33.9 Å². The lowest BCUT2D eigenvalue weighted by Gasteiger charge is -2.29. The molecule has 0 heterocycles. The van der Waals surface area contributed by atoms with Gasteiger partial charge in [0.15, 0.2) is 0 Å². The largest absolute Gasteiger partial charge is 0.508 e. The third kappa shape index (κ3) is 11.9. The van der Waals surface area contributed by atoms with E-state index >= 15 is 0 Å². The molecule has 2 aromatic carbocycles. The van der Waals surface area contributed by atoms with E-state index in [1.165, 1.54) is 26.2 Å². The summed E-state index contributed by atoms with van der Waals surface area (Å²) in [7, 11) is 2.66. The molecule has 5 amide bonds. The molecule has 2 aromatic rings. The van der Waals surface area contributed by atoms with Crippen LogP contribution in [-0.2, 0) is 46.3 Å². The van der Waals surface area contributed by atoms with Crippen LogP contribution >= 0.6 is 0 Å². The van der Waals surface area contributed by atoms with Gasteiger partial charge in [0.1, 0.15) is 31.9 Å². The van der Waals surface area contributed by atoms with Gasteiger partial charge in [-0.2, -0.15) is 0 Å². The summed E-state index contributed by atoms with van der Waals surface area (Å²) in [6, 6.07) is 9.62. The summed E-state index contributed by atoms with van der Waals surface area (Å²) in [4.78, 5) is 76.4. The molecule has 0 bridgehead atoms. The summed E-state index contributed by atoms with van der Waals surface area (Å²) in [5.74, 6) is -4.76. The minimum atomic E-state index is -1.46. The summed E-state index contributed by atoms with van der Waals surface area (Å²) in [5.41, 5.74) is 6.66. The van der Waals surface area contributed by atoms with Gasteiger partial charge < -0.3 is 46.8 Å². The molecule has 0 saturated heterocycles. The van der Waals surface area contributed by atoms with Gasteiger partial charge in [-0.3, -0.25) is 28.8 Å². The Kier molecular flexibility index (Phi) is 13.7. The zero-order valence-electron chi connectivity index (χ0n) is 26.3. The van der Waals surface area contributed by atoms with E-state index < -0.39 is 79.4 Å². The number of phenolic OH excluding ortho intramolecular Hbond substituents is 1. The number of esters is 1. The molecule has 0 radical (unpaired) electrons. The van der Waals surface area contributed by atoms with Crippen molar-refractivity contribution in [3.8, 4) is 5.75 Å². The fourth-order valence-electron chi connectivity index (χ4n) is 4.11. The van der Waals surface area contributed by atoms with Crippen LogP contribution in [0.25, 0.3) is 0 Å². The van der Waals surface area contributed by atoms with E-state index in [-0.39, 0.29) is 18.6 Å². The minimum absolute atomic E-state index is 0.0142. The molecular weight excluding hydrogens is 588 g/mol. The number of carbonyl (C=O) groups is 6. The topological polar surface area (TPSA) is 229 Å². The van der Waals surface area contributed by atoms with Crippen molar-refractivity contribution in [3.63, 3.8) is 0 Å². The Hall–Kier alpha value is -5.02. The second kappa shape index (κ2) is 17.9. The van der Waals surface area contributed by atoms with Crippen LogP contribution in [0.4, 0.5) is 0 Å². The number of nitrogens with one attached hydrogen (secondary N) is 4. The van der Waals surface area contributed by atoms with Gasteiger partial charge in [0.2, 0.25) is 29.5 Å². The van der Waals surface area contributed by atoms with Gasteiger partial charge >= 0.3 is 5.97 Å². The highest BCUT2D eigenvalue weighted by molar-refractivity contribution is 5.94. The number of carbonyl (C=O) groups excluding carboxylic acids is 6. The number of hydrogen-bond donors (Lipinski definition) is 7. The van der Waals surface area contributed by atoms with Crippen LogP contribution in [0.1, 0.15) is 18.1 Å². The fourth-order valence-corrected chi connectivity index (χ4v) is 4.11. The monoisotopic (exact) mass is 629 g/mol. The van der Waals surface area contributed by atoms with E-state index in [1.807, 2.05) is 0 Å². The van der Waals surface area contributed by atoms with E-state index in [9.17, 15) is 39.0 Å². The maximum atomic E-state index is 13.3. The molecular formula is C30H40N6O9. The van der Waals surface area contributed by atoms with Crippen molar-refractivity contribution in [1.29, 1.82) is 0 Å². The number of aliphatic hydroxyl groups is 1. The predicted molar refractivity (Wildman–Crippen MR) is 161 cm³/mol. The van der Waals surface area contributed by atoms with Gasteiger partial charge in [0.25, 0.3) is 0 Å². The van der Waals surface area contributed by atoms with Crippen LogP contribution in [0.15, 0.2) is 54.6 Å². The lowest BCUT2D eigenvalue weighted by Crippen LogP contribution is -2.57. The maximum Gasteiger partial charge on any atom is 0.302 e. The van der Waals surface area contributed by atoms with Gasteiger partial charge in [0, 0.05) is 20.4 Å². The van der Waals surface area contributed by atoms with Crippen molar-refractivity contribution in [3.05, 3.63) is 65.7 Å². The normalized spacial score (nSPS) is 13.8. The van der Waals surface area contributed by atoms with Gasteiger partial charge in [-0.1, -0.05) is 42.5 Å². The molecule has 0 spiro atoms. The first-order valence-corrected chi connectivity index (χ1v) is 13.9. The number of likely N-dealkylation sites (N-methyl/N-ethyl adjacent to an activating group) is 2. The number of ether oxygens (including phenoxy) is 1. The van der Waals surface area contributed by atoms with Crippen molar-refractivity contribution in [1.82, 2.24) is 26.2 Å². The first-order chi connectivity index (χ1) is 21.7. The maximum absolute atomic E-state index is 13.3. The molecule has 0 aliphatic carbocycles. The number of rotatable bonds is 17. The number of aliphatic hydroxyl groups excluding tert-OH is 1. The molecule has 244 valence electrons. The Morgan fingerprint density at radius 2 is 1.49 bits per heavy atom. The molecule has 45 heavy (non-hydrogen) atoms. The highest BCUT2D eigenvalue weighted by Gasteiger charge is 2.31. The van der Waals surface area contributed by atoms with Gasteiger partial charge in [0.05, 0.1) is 19.2 Å². The SMILES string of the molecule is [2H]N(C)[C@@H](Cc1ccc(O)cc1)C(=O)N[C@@H](CO)C(=O)NCC(=O)N(C)[C@@H](Cc1ccccc1)C(=O)N[C@H](COC(C)=O)C(N)=O. The summed E-state index contributed by atoms with van der Waals surface area (Å²) < 4.78 is 12.7. The van der Waals surface area contributed by atoms with Crippen LogP contribution in [-0.4, -0.2) is 109 Å². The third-order valence-corrected chi connectivity index (χ3v) is 6.76. The molecule has 15 nitrogen and oxygen atoms in total. The second-order valence-electron chi connectivity index (χ2n) is 10.1. The van der Waals surface area contributed by atoms with Crippen LogP contribution in [0.5, 0.6) is 5.75 Å². The Bertz CT molecular complexity index is 1360. The molecule has 0 saturated carbocycles. The average Bonchev–Trinajstić information content (AvgIpc) is 3.02. The van der Waals surface area contributed by atoms with Crippen molar-refractivity contribution < 1.29 is 45.1 Å². The Morgan fingerprint density at radius 1 is 0.889 bits per heavy atom.